The minimum Gasteiger partial charge on any atom is -0.494 e. The van der Waals surface area contributed by atoms with Gasteiger partial charge in [0.2, 0.25) is 0 Å². The van der Waals surface area contributed by atoms with Gasteiger partial charge in [-0.3, -0.25) is 10.2 Å². The lowest BCUT2D eigenvalue weighted by molar-refractivity contribution is 0.00801. The number of benzene rings is 1. The summed E-state index contributed by atoms with van der Waals surface area (Å²) in [5.74, 6) is 0.769. The summed E-state index contributed by atoms with van der Waals surface area (Å²) in [6, 6.07) is 7.52. The summed E-state index contributed by atoms with van der Waals surface area (Å²) in [6.07, 6.45) is 11.2. The highest BCUT2D eigenvalue weighted by Gasteiger charge is 2.20. The monoisotopic (exact) mass is 448 g/mol. The van der Waals surface area contributed by atoms with Crippen molar-refractivity contribution in [3.63, 3.8) is 0 Å². The van der Waals surface area contributed by atoms with E-state index in [1.54, 1.807) is 0 Å². The van der Waals surface area contributed by atoms with Crippen LogP contribution in [0.3, 0.4) is 0 Å². The fourth-order valence-corrected chi connectivity index (χ4v) is 3.95. The van der Waals surface area contributed by atoms with Crippen molar-refractivity contribution in [2.75, 3.05) is 44.8 Å². The van der Waals surface area contributed by atoms with Crippen molar-refractivity contribution >= 4 is 11.8 Å². The molecule has 0 bridgehead atoms. The van der Waals surface area contributed by atoms with E-state index in [9.17, 15) is 4.79 Å². The standard InChI is InChI=1S/C26H44N2O4/c1-3-5-6-9-12-19-31-24-15-13-14-23(20-24)27-26(29)32-25(22-30-18-4-2)21-28-16-10-7-8-11-17-28/h13-15,20,25H,3-12,16-19,21-22H2,1-2H3,(H,27,29). The first-order valence-electron chi connectivity index (χ1n) is 12.7. The first-order chi connectivity index (χ1) is 15.7. The van der Waals surface area contributed by atoms with Crippen LogP contribution in [0.5, 0.6) is 5.75 Å². The lowest BCUT2D eigenvalue weighted by Crippen LogP contribution is -2.39. The van der Waals surface area contributed by atoms with Crippen LogP contribution in [0.2, 0.25) is 0 Å². The average molecular weight is 449 g/mol. The maximum atomic E-state index is 12.6. The van der Waals surface area contributed by atoms with Crippen molar-refractivity contribution in [1.29, 1.82) is 0 Å². The molecule has 182 valence electrons. The summed E-state index contributed by atoms with van der Waals surface area (Å²) < 4.78 is 17.3. The Hall–Kier alpha value is -1.79. The highest BCUT2D eigenvalue weighted by Crippen LogP contribution is 2.19. The lowest BCUT2D eigenvalue weighted by atomic mass is 10.2. The van der Waals surface area contributed by atoms with Gasteiger partial charge in [0, 0.05) is 24.9 Å². The second-order valence-corrected chi connectivity index (χ2v) is 8.73. The Bertz CT molecular complexity index is 618. The molecule has 1 N–H and O–H groups in total. The number of ether oxygens (including phenoxy) is 3. The van der Waals surface area contributed by atoms with Crippen LogP contribution in [0.15, 0.2) is 24.3 Å². The number of unbranched alkanes of at least 4 members (excludes halogenated alkanes) is 4. The molecule has 1 amide bonds. The van der Waals surface area contributed by atoms with Crippen molar-refractivity contribution < 1.29 is 19.0 Å². The third-order valence-electron chi connectivity index (χ3n) is 5.68. The Morgan fingerprint density at radius 3 is 2.53 bits per heavy atom. The smallest absolute Gasteiger partial charge is 0.412 e. The van der Waals surface area contributed by atoms with Gasteiger partial charge in [0.1, 0.15) is 11.9 Å². The molecule has 1 fully saturated rings. The van der Waals surface area contributed by atoms with Gasteiger partial charge in [0.05, 0.1) is 13.2 Å². The van der Waals surface area contributed by atoms with Crippen LogP contribution < -0.4 is 10.1 Å². The van der Waals surface area contributed by atoms with Crippen LogP contribution in [0.4, 0.5) is 10.5 Å². The molecule has 1 aromatic carbocycles. The molecule has 1 aliphatic rings. The van der Waals surface area contributed by atoms with E-state index in [1.807, 2.05) is 24.3 Å². The van der Waals surface area contributed by atoms with E-state index in [0.717, 1.165) is 38.2 Å². The molecule has 1 aromatic rings. The Labute approximate surface area is 195 Å². The number of likely N-dealkylation sites (tertiary alicyclic amines) is 1. The van der Waals surface area contributed by atoms with Crippen molar-refractivity contribution in [3.8, 4) is 5.75 Å². The Balaban J connectivity index is 1.81. The molecule has 1 unspecified atom stereocenters. The van der Waals surface area contributed by atoms with Crippen molar-refractivity contribution in [2.45, 2.75) is 84.2 Å². The van der Waals surface area contributed by atoms with Gasteiger partial charge < -0.3 is 14.2 Å². The van der Waals surface area contributed by atoms with E-state index in [4.69, 9.17) is 14.2 Å². The minimum atomic E-state index is -0.443. The maximum absolute atomic E-state index is 12.6. The molecule has 6 nitrogen and oxygen atoms in total. The number of amides is 1. The molecule has 0 aliphatic carbocycles. The van der Waals surface area contributed by atoms with Crippen molar-refractivity contribution in [2.24, 2.45) is 0 Å². The molecule has 6 heteroatoms. The molecule has 1 saturated heterocycles. The molecule has 0 radical (unpaired) electrons. The van der Waals surface area contributed by atoms with E-state index in [2.05, 4.69) is 24.1 Å². The van der Waals surface area contributed by atoms with Gasteiger partial charge in [-0.1, -0.05) is 58.4 Å². The van der Waals surface area contributed by atoms with Gasteiger partial charge in [-0.05, 0) is 50.9 Å². The van der Waals surface area contributed by atoms with E-state index < -0.39 is 6.09 Å². The van der Waals surface area contributed by atoms with E-state index in [-0.39, 0.29) is 6.10 Å². The molecule has 1 aliphatic heterocycles. The highest BCUT2D eigenvalue weighted by atomic mass is 16.6. The number of nitrogens with zero attached hydrogens (tertiary/aromatic N) is 1. The molecular formula is C26H44N2O4. The largest absolute Gasteiger partial charge is 0.494 e. The molecule has 2 rings (SSSR count). The van der Waals surface area contributed by atoms with Gasteiger partial charge >= 0.3 is 6.09 Å². The number of nitrogens with one attached hydrogen (secondary N) is 1. The van der Waals surface area contributed by atoms with E-state index in [0.29, 0.717) is 25.5 Å². The number of anilines is 1. The first-order valence-corrected chi connectivity index (χ1v) is 12.7. The van der Waals surface area contributed by atoms with Gasteiger partial charge in [0.15, 0.2) is 0 Å². The summed E-state index contributed by atoms with van der Waals surface area (Å²) in [4.78, 5) is 15.0. The summed E-state index contributed by atoms with van der Waals surface area (Å²) in [5, 5.41) is 2.86. The first kappa shape index (κ1) is 26.5. The fraction of sp³-hybridized carbons (Fsp3) is 0.731. The summed E-state index contributed by atoms with van der Waals surface area (Å²) >= 11 is 0. The van der Waals surface area contributed by atoms with Crippen molar-refractivity contribution in [3.05, 3.63) is 24.3 Å². The maximum Gasteiger partial charge on any atom is 0.412 e. The zero-order valence-corrected chi connectivity index (χ0v) is 20.3. The lowest BCUT2D eigenvalue weighted by Gasteiger charge is -2.26. The third kappa shape index (κ3) is 11.7. The SMILES string of the molecule is CCCCCCCOc1cccc(NC(=O)OC(COCCC)CN2CCCCCC2)c1. The molecular weight excluding hydrogens is 404 g/mol. The minimum absolute atomic E-state index is 0.276. The zero-order chi connectivity index (χ0) is 22.9. The van der Waals surface area contributed by atoms with Gasteiger partial charge in [-0.2, -0.15) is 0 Å². The van der Waals surface area contributed by atoms with Crippen LogP contribution in [0.25, 0.3) is 0 Å². The van der Waals surface area contributed by atoms with Crippen LogP contribution in [-0.4, -0.2) is 56.6 Å². The summed E-state index contributed by atoms with van der Waals surface area (Å²) in [5.41, 5.74) is 0.682. The predicted molar refractivity (Wildman–Crippen MR) is 131 cm³/mol. The zero-order valence-electron chi connectivity index (χ0n) is 20.3. The van der Waals surface area contributed by atoms with E-state index >= 15 is 0 Å². The highest BCUT2D eigenvalue weighted by molar-refractivity contribution is 5.85. The second kappa shape index (κ2) is 16.8. The van der Waals surface area contributed by atoms with Gasteiger partial charge in [-0.15, -0.1) is 0 Å². The van der Waals surface area contributed by atoms with Crippen LogP contribution in [0.1, 0.15) is 78.1 Å². The quantitative estimate of drug-likeness (QED) is 0.321. The normalized spacial score (nSPS) is 15.7. The molecule has 0 aromatic heterocycles. The van der Waals surface area contributed by atoms with Crippen molar-refractivity contribution in [1.82, 2.24) is 4.90 Å². The van der Waals surface area contributed by atoms with Gasteiger partial charge in [0.25, 0.3) is 0 Å². The fourth-order valence-electron chi connectivity index (χ4n) is 3.95. The summed E-state index contributed by atoms with van der Waals surface area (Å²) in [6.45, 7) is 8.95. The van der Waals surface area contributed by atoms with Crippen LogP contribution in [-0.2, 0) is 9.47 Å². The van der Waals surface area contributed by atoms with Crippen LogP contribution >= 0.6 is 0 Å². The number of carbonyl (C=O) groups excluding carboxylic acids is 1. The Morgan fingerprint density at radius 1 is 1.00 bits per heavy atom. The molecule has 1 atom stereocenters. The van der Waals surface area contributed by atoms with Gasteiger partial charge in [-0.25, -0.2) is 4.79 Å². The van der Waals surface area contributed by atoms with Crippen LogP contribution in [0, 0.1) is 0 Å². The topological polar surface area (TPSA) is 60.0 Å². The second-order valence-electron chi connectivity index (χ2n) is 8.73. The predicted octanol–water partition coefficient (Wildman–Crippen LogP) is 6.26. The number of hydrogen-bond donors (Lipinski definition) is 1. The number of hydrogen-bond acceptors (Lipinski definition) is 5. The number of carbonyl (C=O) groups is 1. The Kier molecular flexibility index (Phi) is 13.9. The molecule has 32 heavy (non-hydrogen) atoms. The Morgan fingerprint density at radius 2 is 1.78 bits per heavy atom. The third-order valence-corrected chi connectivity index (χ3v) is 5.68. The summed E-state index contributed by atoms with van der Waals surface area (Å²) in [7, 11) is 0. The van der Waals surface area contributed by atoms with E-state index in [1.165, 1.54) is 51.4 Å². The molecule has 0 spiro atoms. The average Bonchev–Trinajstić information content (AvgIpc) is 3.05. The number of rotatable bonds is 15. The molecule has 0 saturated carbocycles. The molecule has 1 heterocycles.